The molecule has 0 saturated carbocycles. The molecule has 2 rings (SSSR count). The van der Waals surface area contributed by atoms with Gasteiger partial charge in [-0.05, 0) is 19.1 Å². The van der Waals surface area contributed by atoms with Crippen LogP contribution in [0.15, 0.2) is 24.3 Å². The monoisotopic (exact) mass is 264 g/mol. The summed E-state index contributed by atoms with van der Waals surface area (Å²) in [6, 6.07) is 6.22. The van der Waals surface area contributed by atoms with Crippen LogP contribution in [0.2, 0.25) is 0 Å². The standard InChI is InChI=1S/C13H13FN2OS/c1-8-11(13(17)16(2)3)18-12(15-8)9-5-4-6-10(14)7-9/h4-7H,1-3H3. The van der Waals surface area contributed by atoms with E-state index in [0.717, 1.165) is 0 Å². The van der Waals surface area contributed by atoms with Gasteiger partial charge in [-0.25, -0.2) is 9.37 Å². The summed E-state index contributed by atoms with van der Waals surface area (Å²) in [5.41, 5.74) is 1.37. The lowest BCUT2D eigenvalue weighted by atomic mass is 10.2. The van der Waals surface area contributed by atoms with Gasteiger partial charge in [-0.3, -0.25) is 4.79 Å². The number of nitrogens with zero attached hydrogens (tertiary/aromatic N) is 2. The molecule has 94 valence electrons. The molecule has 0 spiro atoms. The molecule has 0 aliphatic heterocycles. The molecule has 0 unspecified atom stereocenters. The number of benzene rings is 1. The minimum absolute atomic E-state index is 0.0762. The second kappa shape index (κ2) is 4.86. The molecule has 0 saturated heterocycles. The summed E-state index contributed by atoms with van der Waals surface area (Å²) in [5, 5.41) is 0.664. The molecule has 1 aromatic carbocycles. The molecule has 0 aliphatic carbocycles. The molecule has 1 heterocycles. The molecular weight excluding hydrogens is 251 g/mol. The van der Waals surface area contributed by atoms with E-state index in [1.165, 1.54) is 28.4 Å². The van der Waals surface area contributed by atoms with Crippen LogP contribution in [0, 0.1) is 12.7 Å². The van der Waals surface area contributed by atoms with Gasteiger partial charge in [0, 0.05) is 19.7 Å². The smallest absolute Gasteiger partial charge is 0.265 e. The Bertz CT molecular complexity index is 592. The van der Waals surface area contributed by atoms with Gasteiger partial charge in [0.25, 0.3) is 5.91 Å². The van der Waals surface area contributed by atoms with Gasteiger partial charge in [-0.15, -0.1) is 11.3 Å². The van der Waals surface area contributed by atoms with Crippen LogP contribution in [-0.2, 0) is 0 Å². The van der Waals surface area contributed by atoms with E-state index in [2.05, 4.69) is 4.98 Å². The lowest BCUT2D eigenvalue weighted by molar-refractivity contribution is 0.0831. The topological polar surface area (TPSA) is 33.2 Å². The van der Waals surface area contributed by atoms with E-state index in [1.54, 1.807) is 33.2 Å². The van der Waals surface area contributed by atoms with E-state index >= 15 is 0 Å². The number of carbonyl (C=O) groups is 1. The Morgan fingerprint density at radius 2 is 2.11 bits per heavy atom. The normalized spacial score (nSPS) is 10.4. The number of aryl methyl sites for hydroxylation is 1. The number of rotatable bonds is 2. The largest absolute Gasteiger partial charge is 0.344 e. The van der Waals surface area contributed by atoms with Crippen LogP contribution in [0.25, 0.3) is 10.6 Å². The number of halogens is 1. The van der Waals surface area contributed by atoms with Gasteiger partial charge in [-0.2, -0.15) is 0 Å². The highest BCUT2D eigenvalue weighted by Gasteiger charge is 2.17. The highest BCUT2D eigenvalue weighted by atomic mass is 32.1. The zero-order chi connectivity index (χ0) is 13.3. The fourth-order valence-electron chi connectivity index (χ4n) is 1.54. The molecule has 1 aromatic heterocycles. The van der Waals surface area contributed by atoms with Crippen molar-refractivity contribution in [3.8, 4) is 10.6 Å². The molecule has 18 heavy (non-hydrogen) atoms. The van der Waals surface area contributed by atoms with E-state index in [0.29, 0.717) is 21.1 Å². The predicted molar refractivity (Wildman–Crippen MR) is 70.3 cm³/mol. The molecule has 0 radical (unpaired) electrons. The molecule has 1 amide bonds. The van der Waals surface area contributed by atoms with E-state index in [4.69, 9.17) is 0 Å². The van der Waals surface area contributed by atoms with Crippen LogP contribution in [0.5, 0.6) is 0 Å². The Morgan fingerprint density at radius 1 is 1.39 bits per heavy atom. The van der Waals surface area contributed by atoms with Crippen LogP contribution in [0.3, 0.4) is 0 Å². The van der Waals surface area contributed by atoms with Crippen molar-refractivity contribution in [2.75, 3.05) is 14.1 Å². The Morgan fingerprint density at radius 3 is 2.72 bits per heavy atom. The lowest BCUT2D eigenvalue weighted by Crippen LogP contribution is -2.21. The van der Waals surface area contributed by atoms with Crippen molar-refractivity contribution >= 4 is 17.2 Å². The predicted octanol–water partition coefficient (Wildman–Crippen LogP) is 2.96. The van der Waals surface area contributed by atoms with Crippen LogP contribution in [0.4, 0.5) is 4.39 Å². The Hall–Kier alpha value is -1.75. The second-order valence-corrected chi connectivity index (χ2v) is 5.14. The summed E-state index contributed by atoms with van der Waals surface area (Å²) < 4.78 is 13.1. The summed E-state index contributed by atoms with van der Waals surface area (Å²) in [5.74, 6) is -0.381. The number of carbonyl (C=O) groups excluding carboxylic acids is 1. The maximum Gasteiger partial charge on any atom is 0.265 e. The Balaban J connectivity index is 2.43. The fraction of sp³-hybridized carbons (Fsp3) is 0.231. The number of aromatic nitrogens is 1. The molecule has 2 aromatic rings. The minimum atomic E-state index is -0.305. The zero-order valence-electron chi connectivity index (χ0n) is 10.4. The van der Waals surface area contributed by atoms with Crippen molar-refractivity contribution in [2.45, 2.75) is 6.92 Å². The van der Waals surface area contributed by atoms with Gasteiger partial charge < -0.3 is 4.90 Å². The first-order valence-corrected chi connectivity index (χ1v) is 6.25. The minimum Gasteiger partial charge on any atom is -0.344 e. The van der Waals surface area contributed by atoms with Gasteiger partial charge in [0.05, 0.1) is 5.69 Å². The first-order valence-electron chi connectivity index (χ1n) is 5.44. The van der Waals surface area contributed by atoms with Gasteiger partial charge >= 0.3 is 0 Å². The third-order valence-corrected chi connectivity index (χ3v) is 3.66. The third-order valence-electron chi connectivity index (χ3n) is 2.47. The van der Waals surface area contributed by atoms with Crippen LogP contribution in [-0.4, -0.2) is 29.9 Å². The maximum absolute atomic E-state index is 13.1. The molecule has 0 aliphatic rings. The van der Waals surface area contributed by atoms with E-state index in [1.807, 2.05) is 0 Å². The maximum atomic E-state index is 13.1. The molecule has 5 heteroatoms. The molecular formula is C13H13FN2OS. The van der Waals surface area contributed by atoms with Crippen molar-refractivity contribution in [2.24, 2.45) is 0 Å². The number of thiazole rings is 1. The highest BCUT2D eigenvalue weighted by molar-refractivity contribution is 7.17. The third kappa shape index (κ3) is 2.41. The average molecular weight is 264 g/mol. The Labute approximate surface area is 109 Å². The SMILES string of the molecule is Cc1nc(-c2cccc(F)c2)sc1C(=O)N(C)C. The Kier molecular flexibility index (Phi) is 3.43. The molecule has 0 bridgehead atoms. The van der Waals surface area contributed by atoms with Gasteiger partial charge in [0.2, 0.25) is 0 Å². The number of hydrogen-bond acceptors (Lipinski definition) is 3. The van der Waals surface area contributed by atoms with E-state index < -0.39 is 0 Å². The summed E-state index contributed by atoms with van der Waals surface area (Å²) >= 11 is 1.29. The van der Waals surface area contributed by atoms with Crippen molar-refractivity contribution < 1.29 is 9.18 Å². The average Bonchev–Trinajstić information content (AvgIpc) is 2.70. The van der Waals surface area contributed by atoms with E-state index in [9.17, 15) is 9.18 Å². The van der Waals surface area contributed by atoms with Crippen LogP contribution < -0.4 is 0 Å². The van der Waals surface area contributed by atoms with Crippen LogP contribution >= 0.6 is 11.3 Å². The number of amides is 1. The first-order chi connectivity index (χ1) is 8.49. The fourth-order valence-corrected chi connectivity index (χ4v) is 2.63. The molecule has 0 fully saturated rings. The summed E-state index contributed by atoms with van der Waals surface area (Å²) in [7, 11) is 3.40. The van der Waals surface area contributed by atoms with Gasteiger partial charge in [0.15, 0.2) is 0 Å². The van der Waals surface area contributed by atoms with Gasteiger partial charge in [0.1, 0.15) is 15.7 Å². The second-order valence-electron chi connectivity index (χ2n) is 4.14. The van der Waals surface area contributed by atoms with Crippen molar-refractivity contribution in [1.82, 2.24) is 9.88 Å². The summed E-state index contributed by atoms with van der Waals surface area (Å²) in [6.07, 6.45) is 0. The molecule has 0 N–H and O–H groups in total. The molecule has 0 atom stereocenters. The number of hydrogen-bond donors (Lipinski definition) is 0. The highest BCUT2D eigenvalue weighted by Crippen LogP contribution is 2.28. The van der Waals surface area contributed by atoms with Crippen molar-refractivity contribution in [3.05, 3.63) is 40.7 Å². The zero-order valence-corrected chi connectivity index (χ0v) is 11.2. The summed E-state index contributed by atoms with van der Waals surface area (Å²) in [4.78, 5) is 18.3. The molecule has 3 nitrogen and oxygen atoms in total. The lowest BCUT2D eigenvalue weighted by Gasteiger charge is -2.07. The van der Waals surface area contributed by atoms with Crippen molar-refractivity contribution in [3.63, 3.8) is 0 Å². The first kappa shape index (κ1) is 12.7. The van der Waals surface area contributed by atoms with Crippen LogP contribution in [0.1, 0.15) is 15.4 Å². The van der Waals surface area contributed by atoms with Crippen molar-refractivity contribution in [1.29, 1.82) is 0 Å². The summed E-state index contributed by atoms with van der Waals surface area (Å²) in [6.45, 7) is 1.79. The quantitative estimate of drug-likeness (QED) is 0.835. The van der Waals surface area contributed by atoms with Gasteiger partial charge in [-0.1, -0.05) is 12.1 Å². The van der Waals surface area contributed by atoms with E-state index in [-0.39, 0.29) is 11.7 Å².